The minimum absolute atomic E-state index is 0. The van der Waals surface area contributed by atoms with E-state index in [1.807, 2.05) is 18.2 Å². The van der Waals surface area contributed by atoms with Gasteiger partial charge >= 0.3 is 0 Å². The highest BCUT2D eigenvalue weighted by atomic mass is 127. The van der Waals surface area contributed by atoms with Gasteiger partial charge in [-0.05, 0) is 31.4 Å². The summed E-state index contributed by atoms with van der Waals surface area (Å²) in [5.74, 6) is 2.15. The Bertz CT molecular complexity index is 523. The molecule has 0 saturated heterocycles. The minimum atomic E-state index is 0. The van der Waals surface area contributed by atoms with Gasteiger partial charge in [-0.2, -0.15) is 0 Å². The van der Waals surface area contributed by atoms with Gasteiger partial charge in [0.2, 0.25) is 0 Å². The summed E-state index contributed by atoms with van der Waals surface area (Å²) in [7, 11) is 1.72. The summed E-state index contributed by atoms with van der Waals surface area (Å²) in [6, 6.07) is 8.63. The van der Waals surface area contributed by atoms with Crippen molar-refractivity contribution in [3.8, 4) is 5.75 Å². The summed E-state index contributed by atoms with van der Waals surface area (Å²) in [5.41, 5.74) is 1.20. The van der Waals surface area contributed by atoms with E-state index < -0.39 is 0 Å². The van der Waals surface area contributed by atoms with Crippen LogP contribution < -0.4 is 15.4 Å². The van der Waals surface area contributed by atoms with Crippen LogP contribution in [0.15, 0.2) is 41.4 Å². The molecule has 1 aromatic carbocycles. The molecule has 4 nitrogen and oxygen atoms in total. The van der Waals surface area contributed by atoms with E-state index in [1.165, 1.54) is 5.56 Å². The Morgan fingerprint density at radius 2 is 2.00 bits per heavy atom. The number of halogens is 1. The van der Waals surface area contributed by atoms with Gasteiger partial charge in [0.15, 0.2) is 5.96 Å². The summed E-state index contributed by atoms with van der Waals surface area (Å²) in [5, 5.41) is 6.82. The van der Waals surface area contributed by atoms with Crippen LogP contribution in [0, 0.1) is 0 Å². The smallest absolute Gasteiger partial charge is 0.191 e. The first-order valence-electron chi connectivity index (χ1n) is 8.07. The summed E-state index contributed by atoms with van der Waals surface area (Å²) in [4.78, 5) is 4.74. The number of nitrogens with one attached hydrogen (secondary N) is 2. The second-order valence-corrected chi connectivity index (χ2v) is 5.65. The molecule has 0 radical (unpaired) electrons. The van der Waals surface area contributed by atoms with Gasteiger partial charge < -0.3 is 15.4 Å². The molecule has 23 heavy (non-hydrogen) atoms. The summed E-state index contributed by atoms with van der Waals surface area (Å²) in [6.45, 7) is 5.88. The molecule has 5 heteroatoms. The van der Waals surface area contributed by atoms with Crippen LogP contribution >= 0.6 is 24.0 Å². The van der Waals surface area contributed by atoms with E-state index in [1.54, 1.807) is 7.11 Å². The molecule has 0 saturated carbocycles. The van der Waals surface area contributed by atoms with Crippen molar-refractivity contribution < 1.29 is 4.74 Å². The lowest BCUT2D eigenvalue weighted by Crippen LogP contribution is -2.42. The van der Waals surface area contributed by atoms with Crippen LogP contribution in [0.5, 0.6) is 5.75 Å². The lowest BCUT2D eigenvalue weighted by Gasteiger charge is -2.18. The van der Waals surface area contributed by atoms with Crippen molar-refractivity contribution in [2.45, 2.75) is 38.6 Å². The predicted molar refractivity (Wildman–Crippen MR) is 108 cm³/mol. The molecule has 0 fully saturated rings. The number of methoxy groups -OCH3 is 1. The maximum Gasteiger partial charge on any atom is 0.191 e. The van der Waals surface area contributed by atoms with E-state index >= 15 is 0 Å². The third kappa shape index (κ3) is 6.05. The summed E-state index contributed by atoms with van der Waals surface area (Å²) >= 11 is 0. The van der Waals surface area contributed by atoms with Gasteiger partial charge in [-0.25, -0.2) is 0 Å². The minimum Gasteiger partial charge on any atom is -0.496 e. The number of guanidine groups is 1. The van der Waals surface area contributed by atoms with Crippen LogP contribution in [0.1, 0.15) is 38.2 Å². The highest BCUT2D eigenvalue weighted by Gasteiger charge is 2.13. The fourth-order valence-corrected chi connectivity index (χ4v) is 2.65. The Hall–Kier alpha value is -1.24. The van der Waals surface area contributed by atoms with Crippen LogP contribution in [-0.2, 0) is 0 Å². The van der Waals surface area contributed by atoms with Gasteiger partial charge in [-0.15, -0.1) is 24.0 Å². The number of aliphatic imine (C=N–C) groups is 1. The first-order chi connectivity index (χ1) is 10.7. The zero-order chi connectivity index (χ0) is 15.8. The molecule has 1 aromatic rings. The molecule has 1 unspecified atom stereocenters. The molecule has 0 heterocycles. The third-order valence-corrected chi connectivity index (χ3v) is 3.89. The van der Waals surface area contributed by atoms with Crippen molar-refractivity contribution in [2.75, 3.05) is 20.2 Å². The Kier molecular flexibility index (Phi) is 9.06. The van der Waals surface area contributed by atoms with Crippen molar-refractivity contribution in [3.63, 3.8) is 0 Å². The number of para-hydroxylation sites is 1. The van der Waals surface area contributed by atoms with Crippen molar-refractivity contribution in [2.24, 2.45) is 4.99 Å². The summed E-state index contributed by atoms with van der Waals surface area (Å²) in [6.07, 6.45) is 6.59. The Morgan fingerprint density at radius 3 is 2.65 bits per heavy atom. The lowest BCUT2D eigenvalue weighted by molar-refractivity contribution is 0.406. The largest absolute Gasteiger partial charge is 0.496 e. The normalized spacial score (nSPS) is 15.9. The molecule has 0 spiro atoms. The van der Waals surface area contributed by atoms with Crippen molar-refractivity contribution in [1.82, 2.24) is 10.6 Å². The molecule has 1 atom stereocenters. The van der Waals surface area contributed by atoms with Crippen LogP contribution in [0.3, 0.4) is 0 Å². The highest BCUT2D eigenvalue weighted by Crippen LogP contribution is 2.26. The number of nitrogens with zero attached hydrogens (tertiary/aromatic N) is 1. The van der Waals surface area contributed by atoms with E-state index in [0.29, 0.717) is 12.0 Å². The Balaban J connectivity index is 0.00000264. The lowest BCUT2D eigenvalue weighted by atomic mass is 10.0. The standard InChI is InChI=1S/C18H27N3O.HI/c1-4-19-18(21-15-9-5-6-10-15)20-13-14(2)16-11-7-8-12-17(16)22-3;/h5-8,11-12,14-15H,4,9-10,13H2,1-3H3,(H2,19,20,21);1H. The first-order valence-corrected chi connectivity index (χ1v) is 8.07. The molecule has 128 valence electrons. The molecule has 1 aliphatic rings. The quantitative estimate of drug-likeness (QED) is 0.314. The summed E-state index contributed by atoms with van der Waals surface area (Å²) < 4.78 is 5.44. The molecular weight excluding hydrogens is 401 g/mol. The number of ether oxygens (including phenoxy) is 1. The van der Waals surface area contributed by atoms with Gasteiger partial charge in [0.25, 0.3) is 0 Å². The molecule has 1 aliphatic carbocycles. The van der Waals surface area contributed by atoms with Gasteiger partial charge in [0, 0.05) is 25.0 Å². The van der Waals surface area contributed by atoms with Crippen LogP contribution in [0.2, 0.25) is 0 Å². The van der Waals surface area contributed by atoms with Gasteiger partial charge in [-0.3, -0.25) is 4.99 Å². The molecule has 0 aromatic heterocycles. The fraction of sp³-hybridized carbons (Fsp3) is 0.500. The van der Waals surface area contributed by atoms with E-state index in [2.05, 4.69) is 42.7 Å². The predicted octanol–water partition coefficient (Wildman–Crippen LogP) is 3.69. The van der Waals surface area contributed by atoms with Gasteiger partial charge in [0.1, 0.15) is 5.75 Å². The van der Waals surface area contributed by atoms with Gasteiger partial charge in [0.05, 0.1) is 7.11 Å². The second-order valence-electron chi connectivity index (χ2n) is 5.65. The highest BCUT2D eigenvalue weighted by molar-refractivity contribution is 14.0. The monoisotopic (exact) mass is 429 g/mol. The fourth-order valence-electron chi connectivity index (χ4n) is 2.65. The maximum absolute atomic E-state index is 5.44. The van der Waals surface area contributed by atoms with Gasteiger partial charge in [-0.1, -0.05) is 37.3 Å². The number of hydrogen-bond acceptors (Lipinski definition) is 2. The Morgan fingerprint density at radius 1 is 1.30 bits per heavy atom. The van der Waals surface area contributed by atoms with Crippen LogP contribution in [-0.4, -0.2) is 32.2 Å². The number of rotatable bonds is 6. The van der Waals surface area contributed by atoms with E-state index in [4.69, 9.17) is 9.73 Å². The van der Waals surface area contributed by atoms with Crippen LogP contribution in [0.4, 0.5) is 0 Å². The van der Waals surface area contributed by atoms with Crippen molar-refractivity contribution in [1.29, 1.82) is 0 Å². The molecular formula is C18H28IN3O. The van der Waals surface area contributed by atoms with E-state index in [-0.39, 0.29) is 24.0 Å². The zero-order valence-corrected chi connectivity index (χ0v) is 16.5. The molecule has 2 rings (SSSR count). The number of hydrogen-bond donors (Lipinski definition) is 2. The van der Waals surface area contributed by atoms with Crippen molar-refractivity contribution >= 4 is 29.9 Å². The maximum atomic E-state index is 5.44. The average Bonchev–Trinajstić information content (AvgIpc) is 3.05. The molecule has 0 amide bonds. The third-order valence-electron chi connectivity index (χ3n) is 3.89. The van der Waals surface area contributed by atoms with Crippen molar-refractivity contribution in [3.05, 3.63) is 42.0 Å². The van der Waals surface area contributed by atoms with E-state index in [0.717, 1.165) is 37.6 Å². The first kappa shape index (κ1) is 19.8. The Labute approximate surface area is 156 Å². The molecule has 2 N–H and O–H groups in total. The zero-order valence-electron chi connectivity index (χ0n) is 14.2. The molecule has 0 aliphatic heterocycles. The number of benzene rings is 1. The average molecular weight is 429 g/mol. The van der Waals surface area contributed by atoms with E-state index in [9.17, 15) is 0 Å². The molecule has 0 bridgehead atoms. The SMILES string of the molecule is CCNC(=NCC(C)c1ccccc1OC)NC1CC=CC1.I. The van der Waals surface area contributed by atoms with Crippen LogP contribution in [0.25, 0.3) is 0 Å². The topological polar surface area (TPSA) is 45.7 Å². The second kappa shape index (κ2) is 10.5.